The number of carbonyl (C=O) groups is 1. The fraction of sp³-hybridized carbons (Fsp3) is 0.120. The molecule has 0 aliphatic carbocycles. The molecule has 0 amide bonds. The summed E-state index contributed by atoms with van der Waals surface area (Å²) in [6, 6.07) is 16.2. The molecule has 9 heteroatoms. The van der Waals surface area contributed by atoms with Crippen molar-refractivity contribution in [3.63, 3.8) is 0 Å². The van der Waals surface area contributed by atoms with Gasteiger partial charge < -0.3 is 13.7 Å². The molecule has 0 atom stereocenters. The van der Waals surface area contributed by atoms with E-state index >= 15 is 0 Å². The van der Waals surface area contributed by atoms with Crippen LogP contribution in [0.3, 0.4) is 0 Å². The van der Waals surface area contributed by atoms with Crippen molar-refractivity contribution in [1.82, 2.24) is 0 Å². The number of aliphatic imine (C=N–C) groups is 1. The molecule has 4 rings (SSSR count). The Labute approximate surface area is 196 Å². The Balaban J connectivity index is 1.62. The minimum atomic E-state index is -4.07. The van der Waals surface area contributed by atoms with Crippen LogP contribution in [0.1, 0.15) is 23.6 Å². The average Bonchev–Trinajstić information content (AvgIpc) is 3.16. The second-order valence-electron chi connectivity index (χ2n) is 7.33. The lowest BCUT2D eigenvalue weighted by molar-refractivity contribution is -0.129. The van der Waals surface area contributed by atoms with E-state index in [-0.39, 0.29) is 34.6 Å². The molecule has 1 aliphatic heterocycles. The Bertz CT molecular complexity index is 1390. The third-order valence-electron chi connectivity index (χ3n) is 4.79. The quantitative estimate of drug-likeness (QED) is 0.277. The normalized spacial score (nSPS) is 14.6. The first-order valence-electron chi connectivity index (χ1n) is 10.3. The van der Waals surface area contributed by atoms with Gasteiger partial charge in [0, 0.05) is 5.56 Å². The zero-order valence-corrected chi connectivity index (χ0v) is 19.1. The molecule has 0 fully saturated rings. The van der Waals surface area contributed by atoms with E-state index in [1.165, 1.54) is 54.6 Å². The highest BCUT2D eigenvalue weighted by Crippen LogP contribution is 2.32. The van der Waals surface area contributed by atoms with Crippen molar-refractivity contribution >= 4 is 28.1 Å². The molecule has 0 aromatic heterocycles. The van der Waals surface area contributed by atoms with Crippen LogP contribution in [0.15, 0.2) is 82.3 Å². The van der Waals surface area contributed by atoms with E-state index < -0.39 is 21.9 Å². The smallest absolute Gasteiger partial charge is 0.363 e. The highest BCUT2D eigenvalue weighted by molar-refractivity contribution is 7.87. The maximum absolute atomic E-state index is 13.1. The minimum Gasteiger partial charge on any atom is -0.490 e. The van der Waals surface area contributed by atoms with Gasteiger partial charge in [0.15, 0.2) is 17.2 Å². The summed E-state index contributed by atoms with van der Waals surface area (Å²) < 4.78 is 54.6. The van der Waals surface area contributed by atoms with Crippen molar-refractivity contribution < 1.29 is 31.3 Å². The van der Waals surface area contributed by atoms with E-state index in [0.717, 1.165) is 5.56 Å². The molecular weight excluding hydrogens is 461 g/mol. The molecule has 174 valence electrons. The molecule has 1 heterocycles. The maximum Gasteiger partial charge on any atom is 0.363 e. The fourth-order valence-corrected chi connectivity index (χ4v) is 4.05. The first-order chi connectivity index (χ1) is 16.2. The van der Waals surface area contributed by atoms with Crippen LogP contribution < -0.4 is 8.92 Å². The number of nitrogens with zero attached hydrogens (tertiary/aromatic N) is 1. The first-order valence-corrected chi connectivity index (χ1v) is 11.7. The van der Waals surface area contributed by atoms with E-state index in [1.54, 1.807) is 25.1 Å². The molecule has 3 aromatic rings. The van der Waals surface area contributed by atoms with Gasteiger partial charge in [0.25, 0.3) is 0 Å². The second-order valence-corrected chi connectivity index (χ2v) is 8.88. The van der Waals surface area contributed by atoms with Crippen molar-refractivity contribution in [2.24, 2.45) is 4.99 Å². The Kier molecular flexibility index (Phi) is 6.47. The van der Waals surface area contributed by atoms with Crippen molar-refractivity contribution in [3.05, 3.63) is 94.9 Å². The monoisotopic (exact) mass is 481 g/mol. The van der Waals surface area contributed by atoms with Crippen molar-refractivity contribution in [2.75, 3.05) is 6.61 Å². The van der Waals surface area contributed by atoms with Gasteiger partial charge in [0.05, 0.1) is 6.61 Å². The average molecular weight is 482 g/mol. The molecule has 0 unspecified atom stereocenters. The third-order valence-corrected chi connectivity index (χ3v) is 6.04. The van der Waals surface area contributed by atoms with Crippen molar-refractivity contribution in [1.29, 1.82) is 0 Å². The maximum atomic E-state index is 13.1. The van der Waals surface area contributed by atoms with Gasteiger partial charge in [0.1, 0.15) is 10.7 Å². The predicted octanol–water partition coefficient (Wildman–Crippen LogP) is 4.65. The van der Waals surface area contributed by atoms with Crippen LogP contribution in [0.4, 0.5) is 4.39 Å². The van der Waals surface area contributed by atoms with E-state index in [9.17, 15) is 17.6 Å². The summed E-state index contributed by atoms with van der Waals surface area (Å²) in [6.45, 7) is 3.86. The van der Waals surface area contributed by atoms with Crippen LogP contribution in [-0.4, -0.2) is 26.9 Å². The van der Waals surface area contributed by atoms with Gasteiger partial charge in [0.2, 0.25) is 5.90 Å². The van der Waals surface area contributed by atoms with E-state index in [1.807, 2.05) is 6.92 Å². The molecule has 1 aliphatic rings. The highest BCUT2D eigenvalue weighted by Gasteiger charge is 2.25. The molecule has 34 heavy (non-hydrogen) atoms. The number of halogens is 1. The lowest BCUT2D eigenvalue weighted by atomic mass is 10.1. The topological polar surface area (TPSA) is 91.3 Å². The molecule has 7 nitrogen and oxygen atoms in total. The Morgan fingerprint density at radius 3 is 2.38 bits per heavy atom. The summed E-state index contributed by atoms with van der Waals surface area (Å²) in [5.74, 6) is -0.833. The zero-order valence-electron chi connectivity index (χ0n) is 18.3. The minimum absolute atomic E-state index is 0.00840. The van der Waals surface area contributed by atoms with Gasteiger partial charge in [-0.25, -0.2) is 14.2 Å². The van der Waals surface area contributed by atoms with Gasteiger partial charge in [-0.1, -0.05) is 23.8 Å². The third kappa shape index (κ3) is 5.15. The van der Waals surface area contributed by atoms with Crippen LogP contribution in [0.25, 0.3) is 6.08 Å². The van der Waals surface area contributed by atoms with Crippen LogP contribution >= 0.6 is 0 Å². The lowest BCUT2D eigenvalue weighted by Crippen LogP contribution is -2.11. The second kappa shape index (κ2) is 9.48. The number of benzene rings is 3. The summed E-state index contributed by atoms with van der Waals surface area (Å²) >= 11 is 0. The van der Waals surface area contributed by atoms with Crippen LogP contribution in [0, 0.1) is 12.7 Å². The van der Waals surface area contributed by atoms with Crippen LogP contribution in [0.5, 0.6) is 11.5 Å². The summed E-state index contributed by atoms with van der Waals surface area (Å²) in [4.78, 5) is 16.5. The number of ether oxygens (including phenoxy) is 2. The summed E-state index contributed by atoms with van der Waals surface area (Å²) in [5.41, 5.74) is 1.92. The SMILES string of the molecule is CCOc1cc(/C=C2\N=C(c3ccc(F)cc3)OC2=O)ccc1OS(=O)(=O)c1ccc(C)cc1. The van der Waals surface area contributed by atoms with Gasteiger partial charge in [-0.15, -0.1) is 0 Å². The standard InChI is InChI=1S/C25H20FNO6S/c1-3-31-23-15-17(6-13-22(23)33-34(29,30)20-11-4-16(2)5-12-20)14-21-25(28)32-24(27-21)18-7-9-19(26)10-8-18/h4-15H,3H2,1-2H3/b21-14-. The highest BCUT2D eigenvalue weighted by atomic mass is 32.2. The van der Waals surface area contributed by atoms with E-state index in [4.69, 9.17) is 13.7 Å². The fourth-order valence-electron chi connectivity index (χ4n) is 3.11. The van der Waals surface area contributed by atoms with E-state index in [0.29, 0.717) is 11.1 Å². The molecule has 0 bridgehead atoms. The predicted molar refractivity (Wildman–Crippen MR) is 124 cm³/mol. The van der Waals surface area contributed by atoms with Crippen LogP contribution in [0.2, 0.25) is 0 Å². The Hall–Kier alpha value is -3.98. The number of hydrogen-bond donors (Lipinski definition) is 0. The summed E-state index contributed by atoms with van der Waals surface area (Å²) in [6.07, 6.45) is 1.47. The molecule has 0 N–H and O–H groups in total. The molecule has 0 radical (unpaired) electrons. The van der Waals surface area contributed by atoms with Gasteiger partial charge in [-0.2, -0.15) is 8.42 Å². The molecule has 3 aromatic carbocycles. The molecule has 0 spiro atoms. The lowest BCUT2D eigenvalue weighted by Gasteiger charge is -2.12. The summed E-state index contributed by atoms with van der Waals surface area (Å²) in [5, 5.41) is 0. The number of cyclic esters (lactones) is 1. The molecular formula is C25H20FNO6S. The number of esters is 1. The number of aryl methyl sites for hydroxylation is 1. The van der Waals surface area contributed by atoms with Crippen molar-refractivity contribution in [3.8, 4) is 11.5 Å². The number of rotatable bonds is 7. The van der Waals surface area contributed by atoms with Crippen LogP contribution in [-0.2, 0) is 19.6 Å². The van der Waals surface area contributed by atoms with E-state index in [2.05, 4.69) is 4.99 Å². The van der Waals surface area contributed by atoms with Gasteiger partial charge in [-0.05, 0) is 74.0 Å². The number of hydrogen-bond acceptors (Lipinski definition) is 7. The Morgan fingerprint density at radius 2 is 1.71 bits per heavy atom. The summed E-state index contributed by atoms with van der Waals surface area (Å²) in [7, 11) is -4.07. The first kappa shape index (κ1) is 23.2. The van der Waals surface area contributed by atoms with Crippen molar-refractivity contribution in [2.45, 2.75) is 18.7 Å². The van der Waals surface area contributed by atoms with Gasteiger partial charge in [-0.3, -0.25) is 0 Å². The molecule has 0 saturated carbocycles. The largest absolute Gasteiger partial charge is 0.490 e. The van der Waals surface area contributed by atoms with Gasteiger partial charge >= 0.3 is 16.1 Å². The molecule has 0 saturated heterocycles. The Morgan fingerprint density at radius 1 is 1.00 bits per heavy atom. The number of carbonyl (C=O) groups excluding carboxylic acids is 1. The zero-order chi connectivity index (χ0) is 24.3.